The van der Waals surface area contributed by atoms with Gasteiger partial charge in [0, 0.05) is 49.1 Å². The van der Waals surface area contributed by atoms with Crippen molar-refractivity contribution in [1.29, 1.82) is 0 Å². The van der Waals surface area contributed by atoms with Crippen molar-refractivity contribution in [3.05, 3.63) is 53.0 Å². The van der Waals surface area contributed by atoms with Crippen molar-refractivity contribution >= 4 is 39.9 Å². The van der Waals surface area contributed by atoms with Gasteiger partial charge in [0.25, 0.3) is 0 Å². The van der Waals surface area contributed by atoms with Crippen molar-refractivity contribution in [3.63, 3.8) is 0 Å². The number of likely N-dealkylation sites (tertiary alicyclic amines) is 1. The van der Waals surface area contributed by atoms with Crippen molar-refractivity contribution in [3.8, 4) is 5.75 Å². The molecule has 2 saturated heterocycles. The highest BCUT2D eigenvalue weighted by molar-refractivity contribution is 8.01. The van der Waals surface area contributed by atoms with Crippen LogP contribution in [0.5, 0.6) is 5.75 Å². The van der Waals surface area contributed by atoms with Gasteiger partial charge < -0.3 is 14.4 Å². The van der Waals surface area contributed by atoms with Crippen LogP contribution in [0.4, 0.5) is 4.39 Å². The summed E-state index contributed by atoms with van der Waals surface area (Å²) in [5.74, 6) is 1.22. The monoisotopic (exact) mass is 602 g/mol. The van der Waals surface area contributed by atoms with Crippen LogP contribution in [0.15, 0.2) is 46.1 Å². The van der Waals surface area contributed by atoms with Crippen molar-refractivity contribution in [1.82, 2.24) is 20.3 Å². The number of fused-ring (bicyclic) bond motifs is 1. The number of halogens is 1. The van der Waals surface area contributed by atoms with Crippen LogP contribution in [0.2, 0.25) is 0 Å². The number of carbonyl (C=O) groups excluding carboxylic acids is 1. The van der Waals surface area contributed by atoms with Crippen LogP contribution in [0.3, 0.4) is 0 Å². The van der Waals surface area contributed by atoms with Crippen LogP contribution in [0.1, 0.15) is 43.0 Å². The van der Waals surface area contributed by atoms with Crippen LogP contribution < -0.4 is 10.2 Å². The summed E-state index contributed by atoms with van der Waals surface area (Å²) in [5, 5.41) is 12.4. The zero-order valence-corrected chi connectivity index (χ0v) is 25.2. The Hall–Kier alpha value is -2.28. The number of amides is 1. The summed E-state index contributed by atoms with van der Waals surface area (Å²) in [6.45, 7) is 5.89. The molecule has 1 amide bonds. The second-order valence-electron chi connectivity index (χ2n) is 10.8. The van der Waals surface area contributed by atoms with Gasteiger partial charge in [-0.1, -0.05) is 6.07 Å². The van der Waals surface area contributed by atoms with Crippen molar-refractivity contribution < 1.29 is 23.9 Å². The van der Waals surface area contributed by atoms with E-state index < -0.39 is 17.5 Å². The summed E-state index contributed by atoms with van der Waals surface area (Å²) in [4.78, 5) is 22.2. The van der Waals surface area contributed by atoms with Crippen LogP contribution >= 0.6 is 23.1 Å². The number of morpholine rings is 1. The van der Waals surface area contributed by atoms with E-state index in [9.17, 15) is 10.0 Å². The number of benzene rings is 1. The number of methoxy groups -OCH3 is 1. The molecular weight excluding hydrogens is 563 g/mol. The molecule has 1 atom stereocenters. The summed E-state index contributed by atoms with van der Waals surface area (Å²) in [6, 6.07) is 9.74. The highest BCUT2D eigenvalue weighted by Gasteiger charge is 2.41. The first-order valence-corrected chi connectivity index (χ1v) is 16.1. The third kappa shape index (κ3) is 7.39. The highest BCUT2D eigenvalue weighted by atomic mass is 32.2. The van der Waals surface area contributed by atoms with E-state index in [1.54, 1.807) is 24.6 Å². The number of thioether (sulfide) groups is 1. The fourth-order valence-corrected chi connectivity index (χ4v) is 7.80. The van der Waals surface area contributed by atoms with Gasteiger partial charge in [0.15, 0.2) is 0 Å². The Morgan fingerprint density at radius 1 is 1.24 bits per heavy atom. The number of thiophene rings is 1. The summed E-state index contributed by atoms with van der Waals surface area (Å²) in [7, 11) is 1.60. The largest absolute Gasteiger partial charge is 0.497 e. The van der Waals surface area contributed by atoms with Gasteiger partial charge in [-0.05, 0) is 74.0 Å². The average molecular weight is 603 g/mol. The lowest BCUT2D eigenvalue weighted by molar-refractivity contribution is -0.143. The van der Waals surface area contributed by atoms with Crippen LogP contribution in [-0.2, 0) is 16.1 Å². The first-order valence-electron chi connectivity index (χ1n) is 14.2. The second-order valence-corrected chi connectivity index (χ2v) is 13.2. The number of hydroxylamine groups is 1. The maximum absolute atomic E-state index is 16.5. The summed E-state index contributed by atoms with van der Waals surface area (Å²) in [5.41, 5.74) is 3.27. The molecule has 222 valence electrons. The smallest absolute Gasteiger partial charge is 0.249 e. The third-order valence-electron chi connectivity index (χ3n) is 8.43. The molecule has 2 aliphatic heterocycles. The van der Waals surface area contributed by atoms with Gasteiger partial charge in [0.1, 0.15) is 11.9 Å². The Balaban J connectivity index is 1.30. The van der Waals surface area contributed by atoms with E-state index in [4.69, 9.17) is 9.47 Å². The minimum atomic E-state index is -1.30. The number of hydrogen-bond donors (Lipinski definition) is 2. The zero-order valence-electron chi connectivity index (χ0n) is 23.5. The lowest BCUT2D eigenvalue weighted by atomic mass is 9.73. The lowest BCUT2D eigenvalue weighted by Crippen LogP contribution is -2.48. The molecule has 2 N–H and O–H groups in total. The van der Waals surface area contributed by atoms with Crippen molar-refractivity contribution in [2.75, 3.05) is 58.8 Å². The van der Waals surface area contributed by atoms with Crippen LogP contribution in [0.25, 0.3) is 10.9 Å². The Morgan fingerprint density at radius 2 is 2.05 bits per heavy atom. The van der Waals surface area contributed by atoms with Gasteiger partial charge in [-0.15, -0.1) is 23.1 Å². The Bertz CT molecular complexity index is 1280. The quantitative estimate of drug-likeness (QED) is 0.164. The molecule has 0 saturated carbocycles. The molecule has 3 aromatic rings. The number of nitrogens with zero attached hydrogens (tertiary/aromatic N) is 3. The van der Waals surface area contributed by atoms with Gasteiger partial charge in [-0.25, -0.2) is 9.87 Å². The zero-order chi connectivity index (χ0) is 28.7. The first kappa shape index (κ1) is 30.2. The van der Waals surface area contributed by atoms with E-state index in [0.717, 1.165) is 49.4 Å². The summed E-state index contributed by atoms with van der Waals surface area (Å²) >= 11 is 3.59. The second kappa shape index (κ2) is 14.3. The van der Waals surface area contributed by atoms with Gasteiger partial charge in [0.2, 0.25) is 5.91 Å². The fourth-order valence-electron chi connectivity index (χ4n) is 5.94. The molecule has 1 unspecified atom stereocenters. The molecule has 8 nitrogen and oxygen atoms in total. The summed E-state index contributed by atoms with van der Waals surface area (Å²) < 4.78 is 28.7. The van der Waals surface area contributed by atoms with E-state index in [0.29, 0.717) is 55.9 Å². The predicted molar refractivity (Wildman–Crippen MR) is 161 cm³/mol. The molecule has 0 aliphatic carbocycles. The Kier molecular flexibility index (Phi) is 10.5. The average Bonchev–Trinajstić information content (AvgIpc) is 3.54. The molecule has 0 radical (unpaired) electrons. The molecule has 1 aromatic carbocycles. The molecule has 4 heterocycles. The molecule has 2 fully saturated rings. The number of piperidine rings is 1. The van der Waals surface area contributed by atoms with Crippen LogP contribution in [0, 0.1) is 5.41 Å². The van der Waals surface area contributed by atoms with E-state index in [1.165, 1.54) is 4.21 Å². The molecule has 2 aliphatic rings. The topological polar surface area (TPSA) is 87.2 Å². The normalized spacial score (nSPS) is 18.8. The Morgan fingerprint density at radius 3 is 2.76 bits per heavy atom. The van der Waals surface area contributed by atoms with Gasteiger partial charge in [-0.2, -0.15) is 0 Å². The molecule has 5 rings (SSSR count). The lowest BCUT2D eigenvalue weighted by Gasteiger charge is -2.40. The van der Waals surface area contributed by atoms with E-state index in [-0.39, 0.29) is 6.42 Å². The maximum Gasteiger partial charge on any atom is 0.249 e. The van der Waals surface area contributed by atoms with E-state index in [2.05, 4.69) is 32.3 Å². The SMILES string of the molecule is COc1ccc2ncc(CN3CCOCC3)c(C(F)CCC3(C(=O)NO)CCN(CCSc4cccs4)CC3)c2c1. The highest BCUT2D eigenvalue weighted by Crippen LogP contribution is 2.42. The first-order chi connectivity index (χ1) is 20.0. The van der Waals surface area contributed by atoms with Gasteiger partial charge >= 0.3 is 0 Å². The van der Waals surface area contributed by atoms with Crippen molar-refractivity contribution in [2.45, 2.75) is 42.6 Å². The standard InChI is InChI=1S/C30H39FN4O4S2/c1-38-23-4-5-26-24(19-23)28(22(20-32-26)21-35-12-15-39-16-13-35)25(31)6-7-30(29(36)33-37)8-10-34(11-9-30)14-18-41-27-3-2-17-40-27/h2-5,17,19-20,25,37H,6-16,18,21H2,1H3,(H,33,36). The fraction of sp³-hybridized carbons (Fsp3) is 0.533. The van der Waals surface area contributed by atoms with Gasteiger partial charge in [0.05, 0.1) is 35.5 Å². The number of hydrogen-bond acceptors (Lipinski definition) is 9. The van der Waals surface area contributed by atoms with Gasteiger partial charge in [-0.3, -0.25) is 19.9 Å². The number of pyridine rings is 1. The van der Waals surface area contributed by atoms with Crippen molar-refractivity contribution in [2.24, 2.45) is 5.41 Å². The number of nitrogens with one attached hydrogen (secondary N) is 1. The summed E-state index contributed by atoms with van der Waals surface area (Å²) in [6.07, 6.45) is 2.18. The Labute approximate surface area is 249 Å². The predicted octanol–water partition coefficient (Wildman–Crippen LogP) is 5.31. The number of rotatable bonds is 12. The third-order valence-corrected chi connectivity index (χ3v) is 10.5. The number of alkyl halides is 1. The maximum atomic E-state index is 16.5. The molecule has 2 aromatic heterocycles. The number of aromatic nitrogens is 1. The van der Waals surface area contributed by atoms with E-state index >= 15 is 4.39 Å². The molecule has 11 heteroatoms. The van der Waals surface area contributed by atoms with E-state index in [1.807, 2.05) is 35.4 Å². The minimum absolute atomic E-state index is 0.175. The molecule has 0 spiro atoms. The number of carbonyl (C=O) groups is 1. The molecular formula is C30H39FN4O4S2. The van der Waals surface area contributed by atoms with Crippen LogP contribution in [-0.4, -0.2) is 84.7 Å². The molecule has 0 bridgehead atoms. The minimum Gasteiger partial charge on any atom is -0.497 e. The molecule has 41 heavy (non-hydrogen) atoms. The number of ether oxygens (including phenoxy) is 2.